The van der Waals surface area contributed by atoms with Crippen molar-refractivity contribution in [1.29, 1.82) is 0 Å². The molecule has 0 fully saturated rings. The molecule has 0 spiro atoms. The van der Waals surface area contributed by atoms with Gasteiger partial charge >= 0.3 is 0 Å². The molecular formula is C16H18O3. The van der Waals surface area contributed by atoms with E-state index in [1.807, 2.05) is 30.3 Å². The van der Waals surface area contributed by atoms with E-state index in [0.29, 0.717) is 6.42 Å². The molecule has 2 aromatic rings. The molecule has 3 heteroatoms. The molecule has 0 saturated heterocycles. The number of benzene rings is 2. The highest BCUT2D eigenvalue weighted by molar-refractivity contribution is 5.34. The van der Waals surface area contributed by atoms with E-state index in [4.69, 9.17) is 0 Å². The number of phenols is 1. The van der Waals surface area contributed by atoms with Crippen LogP contribution >= 0.6 is 0 Å². The van der Waals surface area contributed by atoms with Crippen LogP contribution in [0.2, 0.25) is 0 Å². The van der Waals surface area contributed by atoms with Gasteiger partial charge in [0.1, 0.15) is 5.75 Å². The maximum absolute atomic E-state index is 9.74. The molecule has 0 aromatic heterocycles. The SMILES string of the molecule is OCC(CO)(Cc1ccccc1)c1ccc(O)cc1. The standard InChI is InChI=1S/C16H18O3/c17-11-16(12-18,10-13-4-2-1-3-5-13)14-6-8-15(19)9-7-14/h1-9,17-19H,10-12H2. The predicted molar refractivity (Wildman–Crippen MR) is 74.1 cm³/mol. The molecule has 3 nitrogen and oxygen atoms in total. The van der Waals surface area contributed by atoms with Gasteiger partial charge in [-0.3, -0.25) is 0 Å². The van der Waals surface area contributed by atoms with Crippen molar-refractivity contribution in [2.24, 2.45) is 0 Å². The summed E-state index contributed by atoms with van der Waals surface area (Å²) in [7, 11) is 0. The maximum Gasteiger partial charge on any atom is 0.115 e. The second-order valence-corrected chi connectivity index (χ2v) is 4.81. The Hall–Kier alpha value is -1.84. The van der Waals surface area contributed by atoms with Crippen LogP contribution in [0.1, 0.15) is 11.1 Å². The Morgan fingerprint density at radius 2 is 1.37 bits per heavy atom. The summed E-state index contributed by atoms with van der Waals surface area (Å²) in [6.45, 7) is -0.299. The summed E-state index contributed by atoms with van der Waals surface area (Å²) in [6.07, 6.45) is 0.547. The van der Waals surface area contributed by atoms with Gasteiger partial charge in [-0.2, -0.15) is 0 Å². The van der Waals surface area contributed by atoms with E-state index in [0.717, 1.165) is 11.1 Å². The topological polar surface area (TPSA) is 60.7 Å². The molecule has 0 radical (unpaired) electrons. The van der Waals surface area contributed by atoms with Gasteiger partial charge in [-0.1, -0.05) is 42.5 Å². The van der Waals surface area contributed by atoms with E-state index in [-0.39, 0.29) is 19.0 Å². The first-order valence-electron chi connectivity index (χ1n) is 6.25. The van der Waals surface area contributed by atoms with Gasteiger partial charge in [0.25, 0.3) is 0 Å². The fraction of sp³-hybridized carbons (Fsp3) is 0.250. The summed E-state index contributed by atoms with van der Waals surface area (Å²) < 4.78 is 0. The monoisotopic (exact) mass is 258 g/mol. The number of aliphatic hydroxyl groups excluding tert-OH is 2. The highest BCUT2D eigenvalue weighted by atomic mass is 16.3. The van der Waals surface area contributed by atoms with Crippen molar-refractivity contribution in [2.75, 3.05) is 13.2 Å². The van der Waals surface area contributed by atoms with Crippen molar-refractivity contribution in [2.45, 2.75) is 11.8 Å². The molecule has 0 atom stereocenters. The molecular weight excluding hydrogens is 240 g/mol. The Morgan fingerprint density at radius 3 is 1.89 bits per heavy atom. The first-order chi connectivity index (χ1) is 9.20. The van der Waals surface area contributed by atoms with E-state index < -0.39 is 5.41 Å². The number of aromatic hydroxyl groups is 1. The number of aliphatic hydroxyl groups is 2. The van der Waals surface area contributed by atoms with Crippen LogP contribution in [-0.4, -0.2) is 28.5 Å². The van der Waals surface area contributed by atoms with Crippen LogP contribution in [-0.2, 0) is 11.8 Å². The summed E-state index contributed by atoms with van der Waals surface area (Å²) >= 11 is 0. The zero-order valence-electron chi connectivity index (χ0n) is 10.7. The van der Waals surface area contributed by atoms with Crippen LogP contribution in [0.3, 0.4) is 0 Å². The van der Waals surface area contributed by atoms with E-state index in [9.17, 15) is 15.3 Å². The Morgan fingerprint density at radius 1 is 0.789 bits per heavy atom. The average molecular weight is 258 g/mol. The van der Waals surface area contributed by atoms with Gasteiger partial charge in [-0.25, -0.2) is 0 Å². The quantitative estimate of drug-likeness (QED) is 0.767. The van der Waals surface area contributed by atoms with Crippen molar-refractivity contribution in [3.05, 3.63) is 65.7 Å². The first kappa shape index (κ1) is 13.6. The summed E-state index contributed by atoms with van der Waals surface area (Å²) in [5, 5.41) is 28.8. The molecule has 2 rings (SSSR count). The average Bonchev–Trinajstić information content (AvgIpc) is 2.47. The lowest BCUT2D eigenvalue weighted by molar-refractivity contribution is 0.116. The van der Waals surface area contributed by atoms with Gasteiger partial charge in [0.2, 0.25) is 0 Å². The molecule has 0 aliphatic heterocycles. The molecule has 100 valence electrons. The van der Waals surface area contributed by atoms with Gasteiger partial charge < -0.3 is 15.3 Å². The molecule has 2 aromatic carbocycles. The lowest BCUT2D eigenvalue weighted by atomic mass is 9.77. The number of hydrogen-bond donors (Lipinski definition) is 3. The van der Waals surface area contributed by atoms with Gasteiger partial charge in [0.05, 0.1) is 13.2 Å². The third-order valence-corrected chi connectivity index (χ3v) is 3.47. The van der Waals surface area contributed by atoms with Gasteiger partial charge in [0.15, 0.2) is 0 Å². The minimum Gasteiger partial charge on any atom is -0.508 e. The van der Waals surface area contributed by atoms with Crippen LogP contribution < -0.4 is 0 Å². The highest BCUT2D eigenvalue weighted by Gasteiger charge is 2.31. The molecule has 0 aliphatic carbocycles. The van der Waals surface area contributed by atoms with Crippen molar-refractivity contribution in [1.82, 2.24) is 0 Å². The van der Waals surface area contributed by atoms with E-state index >= 15 is 0 Å². The number of hydrogen-bond acceptors (Lipinski definition) is 3. The zero-order chi connectivity index (χ0) is 13.7. The van der Waals surface area contributed by atoms with Crippen LogP contribution in [0.15, 0.2) is 54.6 Å². The summed E-state index contributed by atoms with van der Waals surface area (Å²) in [4.78, 5) is 0. The normalized spacial score (nSPS) is 11.5. The van der Waals surface area contributed by atoms with E-state index in [2.05, 4.69) is 0 Å². The highest BCUT2D eigenvalue weighted by Crippen LogP contribution is 2.29. The molecule has 19 heavy (non-hydrogen) atoms. The molecule has 0 saturated carbocycles. The summed E-state index contributed by atoms with van der Waals surface area (Å²) in [5.74, 6) is 0.174. The van der Waals surface area contributed by atoms with Crippen LogP contribution in [0.5, 0.6) is 5.75 Å². The third kappa shape index (κ3) is 2.95. The van der Waals surface area contributed by atoms with E-state index in [1.165, 1.54) is 0 Å². The molecule has 3 N–H and O–H groups in total. The lowest BCUT2D eigenvalue weighted by Crippen LogP contribution is -2.37. The minimum atomic E-state index is -0.727. The Bertz CT molecular complexity index is 501. The zero-order valence-corrected chi connectivity index (χ0v) is 10.7. The fourth-order valence-corrected chi connectivity index (χ4v) is 2.25. The largest absolute Gasteiger partial charge is 0.508 e. The van der Waals surface area contributed by atoms with Crippen LogP contribution in [0, 0.1) is 0 Å². The van der Waals surface area contributed by atoms with Crippen LogP contribution in [0.4, 0.5) is 0 Å². The van der Waals surface area contributed by atoms with Crippen molar-refractivity contribution in [3.8, 4) is 5.75 Å². The Kier molecular flexibility index (Phi) is 4.20. The molecule has 0 amide bonds. The summed E-state index contributed by atoms with van der Waals surface area (Å²) in [6, 6.07) is 16.4. The Balaban J connectivity index is 2.34. The van der Waals surface area contributed by atoms with Crippen molar-refractivity contribution < 1.29 is 15.3 Å². The summed E-state index contributed by atoms with van der Waals surface area (Å²) in [5.41, 5.74) is 1.15. The van der Waals surface area contributed by atoms with Gasteiger partial charge in [0, 0.05) is 5.41 Å². The molecule has 0 unspecified atom stereocenters. The number of rotatable bonds is 5. The van der Waals surface area contributed by atoms with E-state index in [1.54, 1.807) is 24.3 Å². The van der Waals surface area contributed by atoms with Crippen molar-refractivity contribution in [3.63, 3.8) is 0 Å². The van der Waals surface area contributed by atoms with Crippen molar-refractivity contribution >= 4 is 0 Å². The Labute approximate surface area is 112 Å². The predicted octanol–water partition coefficient (Wildman–Crippen LogP) is 1.86. The van der Waals surface area contributed by atoms with Gasteiger partial charge in [-0.15, -0.1) is 0 Å². The molecule has 0 heterocycles. The smallest absolute Gasteiger partial charge is 0.115 e. The lowest BCUT2D eigenvalue weighted by Gasteiger charge is -2.30. The van der Waals surface area contributed by atoms with Gasteiger partial charge in [-0.05, 0) is 29.7 Å². The van der Waals surface area contributed by atoms with Crippen LogP contribution in [0.25, 0.3) is 0 Å². The fourth-order valence-electron chi connectivity index (χ4n) is 2.25. The molecule has 0 aliphatic rings. The molecule has 0 bridgehead atoms. The second-order valence-electron chi connectivity index (χ2n) is 4.81. The second kappa shape index (κ2) is 5.87. The minimum absolute atomic E-state index is 0.150. The number of phenolic OH excluding ortho intramolecular Hbond substituents is 1. The maximum atomic E-state index is 9.74. The first-order valence-corrected chi connectivity index (χ1v) is 6.25. The third-order valence-electron chi connectivity index (χ3n) is 3.47.